The molecule has 0 heterocycles. The van der Waals surface area contributed by atoms with Crippen molar-refractivity contribution in [1.82, 2.24) is 0 Å². The van der Waals surface area contributed by atoms with Gasteiger partial charge in [0.05, 0.1) is 17.7 Å². The average Bonchev–Trinajstić information content (AvgIpc) is 2.37. The van der Waals surface area contributed by atoms with Gasteiger partial charge < -0.3 is 20.1 Å². The number of hydrogen-bond donors (Lipinski definition) is 3. The van der Waals surface area contributed by atoms with Crippen LogP contribution in [0, 0.1) is 5.82 Å². The number of hydrogen-bond acceptors (Lipinski definition) is 5. The summed E-state index contributed by atoms with van der Waals surface area (Å²) < 4.78 is 17.8. The van der Waals surface area contributed by atoms with Crippen LogP contribution in [0.5, 0.6) is 0 Å². The summed E-state index contributed by atoms with van der Waals surface area (Å²) in [6.45, 7) is 0. The molecule has 0 saturated carbocycles. The lowest BCUT2D eigenvalue weighted by atomic mass is 10.0. The number of aliphatic hydroxyl groups excluding tert-OH is 2. The Hall–Kier alpha value is -1.70. The monoisotopic (exact) mass is 292 g/mol. The molecule has 0 aliphatic heterocycles. The maximum absolute atomic E-state index is 13.6. The van der Waals surface area contributed by atoms with Crippen molar-refractivity contribution in [3.8, 4) is 0 Å². The van der Waals surface area contributed by atoms with Gasteiger partial charge in [-0.15, -0.1) is 0 Å². The van der Waals surface area contributed by atoms with Crippen LogP contribution in [0.15, 0.2) is 12.1 Å². The molecule has 2 unspecified atom stereocenters. The van der Waals surface area contributed by atoms with Crippen LogP contribution in [-0.4, -0.2) is 40.5 Å². The van der Waals surface area contributed by atoms with Crippen molar-refractivity contribution in [3.63, 3.8) is 0 Å². The first-order valence-electron chi connectivity index (χ1n) is 4.95. The number of esters is 1. The lowest BCUT2D eigenvalue weighted by Gasteiger charge is -2.17. The highest BCUT2D eigenvalue weighted by atomic mass is 35.5. The maximum Gasteiger partial charge on any atom is 0.337 e. The highest BCUT2D eigenvalue weighted by Gasteiger charge is 2.29. The van der Waals surface area contributed by atoms with E-state index < -0.39 is 41.1 Å². The summed E-state index contributed by atoms with van der Waals surface area (Å²) in [5.41, 5.74) is -1.00. The van der Waals surface area contributed by atoms with Crippen molar-refractivity contribution in [3.05, 3.63) is 34.1 Å². The standard InChI is InChI=1S/C11H10ClFO6/c1-19-11(18)9(15)8(14)5-2-6(12)4(10(16)17)3-7(5)13/h2-3,8-9,14-15H,1H3,(H,16,17). The zero-order chi connectivity index (χ0) is 14.7. The molecule has 0 radical (unpaired) electrons. The number of carboxylic acids is 1. The SMILES string of the molecule is COC(=O)C(O)C(O)c1cc(Cl)c(C(=O)O)cc1F. The summed E-state index contributed by atoms with van der Waals surface area (Å²) in [6, 6.07) is 1.42. The van der Waals surface area contributed by atoms with Crippen LogP contribution in [0.25, 0.3) is 0 Å². The normalized spacial score (nSPS) is 13.7. The number of benzene rings is 1. The quantitative estimate of drug-likeness (QED) is 0.707. The number of aliphatic hydroxyl groups is 2. The van der Waals surface area contributed by atoms with E-state index in [1.54, 1.807) is 0 Å². The fourth-order valence-corrected chi connectivity index (χ4v) is 1.63. The molecule has 19 heavy (non-hydrogen) atoms. The van der Waals surface area contributed by atoms with Gasteiger partial charge in [-0.05, 0) is 12.1 Å². The number of ether oxygens (including phenoxy) is 1. The van der Waals surface area contributed by atoms with Crippen molar-refractivity contribution in [2.75, 3.05) is 7.11 Å². The molecule has 3 N–H and O–H groups in total. The number of rotatable bonds is 4. The Kier molecular flexibility index (Phi) is 4.82. The lowest BCUT2D eigenvalue weighted by Crippen LogP contribution is -2.29. The van der Waals surface area contributed by atoms with Gasteiger partial charge >= 0.3 is 11.9 Å². The van der Waals surface area contributed by atoms with Crippen LogP contribution < -0.4 is 0 Å². The van der Waals surface area contributed by atoms with E-state index in [-0.39, 0.29) is 5.02 Å². The van der Waals surface area contributed by atoms with Gasteiger partial charge in [-0.3, -0.25) is 0 Å². The summed E-state index contributed by atoms with van der Waals surface area (Å²) in [6.07, 6.45) is -3.93. The van der Waals surface area contributed by atoms with Gasteiger partial charge in [0.2, 0.25) is 0 Å². The van der Waals surface area contributed by atoms with Gasteiger partial charge in [0.25, 0.3) is 0 Å². The molecule has 0 aliphatic carbocycles. The molecule has 1 aromatic rings. The molecule has 0 aliphatic rings. The molecular weight excluding hydrogens is 283 g/mol. The van der Waals surface area contributed by atoms with Crippen LogP contribution >= 0.6 is 11.6 Å². The van der Waals surface area contributed by atoms with Crippen molar-refractivity contribution in [2.24, 2.45) is 0 Å². The van der Waals surface area contributed by atoms with Crippen LogP contribution in [0.2, 0.25) is 5.02 Å². The Balaban J connectivity index is 3.18. The third-order valence-electron chi connectivity index (χ3n) is 2.38. The van der Waals surface area contributed by atoms with E-state index in [1.165, 1.54) is 0 Å². The molecule has 8 heteroatoms. The zero-order valence-corrected chi connectivity index (χ0v) is 10.4. The minimum absolute atomic E-state index is 0.333. The Bertz CT molecular complexity index is 518. The molecule has 0 fully saturated rings. The highest BCUT2D eigenvalue weighted by molar-refractivity contribution is 6.33. The van der Waals surface area contributed by atoms with Crippen LogP contribution in [-0.2, 0) is 9.53 Å². The number of carbonyl (C=O) groups excluding carboxylic acids is 1. The Labute approximate surface area is 112 Å². The third kappa shape index (κ3) is 3.19. The summed E-state index contributed by atoms with van der Waals surface area (Å²) in [4.78, 5) is 21.7. The first kappa shape index (κ1) is 15.4. The van der Waals surface area contributed by atoms with E-state index in [2.05, 4.69) is 4.74 Å². The largest absolute Gasteiger partial charge is 0.478 e. The zero-order valence-electron chi connectivity index (χ0n) is 9.63. The second-order valence-electron chi connectivity index (χ2n) is 3.57. The molecule has 0 saturated heterocycles. The summed E-state index contributed by atoms with van der Waals surface area (Å²) in [7, 11) is 0.981. The molecule has 104 valence electrons. The van der Waals surface area contributed by atoms with E-state index in [9.17, 15) is 24.2 Å². The van der Waals surface area contributed by atoms with Crippen molar-refractivity contribution < 1.29 is 34.0 Å². The number of aromatic carboxylic acids is 1. The van der Waals surface area contributed by atoms with Gasteiger partial charge in [-0.2, -0.15) is 0 Å². The fraction of sp³-hybridized carbons (Fsp3) is 0.273. The molecule has 1 aromatic carbocycles. The van der Waals surface area contributed by atoms with E-state index in [0.29, 0.717) is 6.07 Å². The summed E-state index contributed by atoms with van der Waals surface area (Å²) >= 11 is 5.60. The second kappa shape index (κ2) is 5.96. The lowest BCUT2D eigenvalue weighted by molar-refractivity contribution is -0.156. The van der Waals surface area contributed by atoms with E-state index >= 15 is 0 Å². The molecule has 2 atom stereocenters. The Morgan fingerprint density at radius 1 is 1.37 bits per heavy atom. The summed E-state index contributed by atoms with van der Waals surface area (Å²) in [5.74, 6) is -3.72. The fourth-order valence-electron chi connectivity index (χ4n) is 1.37. The van der Waals surface area contributed by atoms with Gasteiger partial charge in [-0.25, -0.2) is 14.0 Å². The molecule has 0 spiro atoms. The number of carboxylic acid groups (broad SMARTS) is 1. The van der Waals surface area contributed by atoms with Gasteiger partial charge in [0, 0.05) is 5.56 Å². The highest BCUT2D eigenvalue weighted by Crippen LogP contribution is 2.27. The molecule has 0 amide bonds. The van der Waals surface area contributed by atoms with Crippen LogP contribution in [0.1, 0.15) is 22.0 Å². The van der Waals surface area contributed by atoms with Crippen LogP contribution in [0.4, 0.5) is 4.39 Å². The predicted molar refractivity (Wildman–Crippen MR) is 61.4 cm³/mol. The van der Waals surface area contributed by atoms with Crippen molar-refractivity contribution in [2.45, 2.75) is 12.2 Å². The predicted octanol–water partition coefficient (Wildman–Crippen LogP) is 0.745. The van der Waals surface area contributed by atoms with E-state index in [4.69, 9.17) is 16.7 Å². The Morgan fingerprint density at radius 2 is 1.95 bits per heavy atom. The van der Waals surface area contributed by atoms with Crippen molar-refractivity contribution >= 4 is 23.5 Å². The smallest absolute Gasteiger partial charge is 0.337 e. The summed E-state index contributed by atoms with van der Waals surface area (Å²) in [5, 5.41) is 27.4. The maximum atomic E-state index is 13.6. The molecule has 0 aromatic heterocycles. The van der Waals surface area contributed by atoms with Crippen molar-refractivity contribution in [1.29, 1.82) is 0 Å². The van der Waals surface area contributed by atoms with Gasteiger partial charge in [-0.1, -0.05) is 11.6 Å². The second-order valence-corrected chi connectivity index (χ2v) is 3.98. The van der Waals surface area contributed by atoms with Gasteiger partial charge in [0.1, 0.15) is 11.9 Å². The minimum Gasteiger partial charge on any atom is -0.478 e. The van der Waals surface area contributed by atoms with E-state index in [0.717, 1.165) is 13.2 Å². The topological polar surface area (TPSA) is 104 Å². The number of carbonyl (C=O) groups is 2. The number of methoxy groups -OCH3 is 1. The average molecular weight is 293 g/mol. The van der Waals surface area contributed by atoms with Crippen LogP contribution in [0.3, 0.4) is 0 Å². The number of halogens is 2. The minimum atomic E-state index is -2.01. The molecule has 6 nitrogen and oxygen atoms in total. The molecular formula is C11H10ClFO6. The third-order valence-corrected chi connectivity index (χ3v) is 2.69. The molecule has 0 bridgehead atoms. The Morgan fingerprint density at radius 3 is 2.42 bits per heavy atom. The first-order valence-corrected chi connectivity index (χ1v) is 5.33. The molecule has 1 rings (SSSR count). The first-order chi connectivity index (χ1) is 8.79. The van der Waals surface area contributed by atoms with Gasteiger partial charge in [0.15, 0.2) is 6.10 Å². The van der Waals surface area contributed by atoms with E-state index in [1.807, 2.05) is 0 Å².